The molecule has 3 aromatic carbocycles. The Bertz CT molecular complexity index is 1290. The lowest BCUT2D eigenvalue weighted by Gasteiger charge is -2.38. The van der Waals surface area contributed by atoms with E-state index < -0.39 is 12.1 Å². The van der Waals surface area contributed by atoms with Gasteiger partial charge in [-0.25, -0.2) is 0 Å². The van der Waals surface area contributed by atoms with E-state index in [2.05, 4.69) is 22.8 Å². The molecule has 2 N–H and O–H groups in total. The van der Waals surface area contributed by atoms with Gasteiger partial charge in [-0.1, -0.05) is 72.8 Å². The molecule has 7 heteroatoms. The molecule has 206 valence electrons. The van der Waals surface area contributed by atoms with Crippen molar-refractivity contribution >= 4 is 28.5 Å². The predicted octanol–water partition coefficient (Wildman–Crippen LogP) is 3.41. The highest BCUT2D eigenvalue weighted by Gasteiger charge is 2.38. The van der Waals surface area contributed by atoms with Crippen LogP contribution in [0.1, 0.15) is 30.9 Å². The molecule has 0 saturated carbocycles. The topological polar surface area (TPSA) is 81.8 Å². The number of fused-ring (bicyclic) bond motifs is 1. The van der Waals surface area contributed by atoms with Gasteiger partial charge in [0.15, 0.2) is 0 Å². The van der Waals surface area contributed by atoms with E-state index in [1.54, 1.807) is 26.0 Å². The third-order valence-electron chi connectivity index (χ3n) is 8.06. The van der Waals surface area contributed by atoms with Gasteiger partial charge in [0.1, 0.15) is 12.1 Å². The smallest absolute Gasteiger partial charge is 0.246 e. The summed E-state index contributed by atoms with van der Waals surface area (Å²) in [5.74, 6) is -0.722. The molecule has 3 amide bonds. The number of carbonyl (C=O) groups excluding carboxylic acids is 3. The molecule has 0 spiro atoms. The average Bonchev–Trinajstić information content (AvgIpc) is 2.97. The lowest BCUT2D eigenvalue weighted by molar-refractivity contribution is -0.149. The van der Waals surface area contributed by atoms with Crippen molar-refractivity contribution in [1.29, 1.82) is 0 Å². The van der Waals surface area contributed by atoms with Crippen LogP contribution in [0.15, 0.2) is 72.8 Å². The molecule has 1 heterocycles. The number of amides is 3. The van der Waals surface area contributed by atoms with Crippen molar-refractivity contribution in [2.75, 3.05) is 27.7 Å². The van der Waals surface area contributed by atoms with Crippen molar-refractivity contribution in [3.05, 3.63) is 83.9 Å². The van der Waals surface area contributed by atoms with Crippen LogP contribution in [0, 0.1) is 5.92 Å². The maximum atomic E-state index is 14.2. The lowest BCUT2D eigenvalue weighted by Crippen LogP contribution is -2.57. The Kier molecular flexibility index (Phi) is 9.36. The van der Waals surface area contributed by atoms with Crippen LogP contribution in [0.2, 0.25) is 0 Å². The summed E-state index contributed by atoms with van der Waals surface area (Å²) in [5.41, 5.74) is 1.93. The van der Waals surface area contributed by atoms with Crippen LogP contribution >= 0.6 is 0 Å². The minimum absolute atomic E-state index is 0.0400. The van der Waals surface area contributed by atoms with E-state index in [0.717, 1.165) is 41.3 Å². The standard InChI is InChI=1S/C32H40N4O3/c1-22-27(15-10-18-34-22)31(38)36(4)29(21-24-16-17-25-13-8-9-14-26(25)19-24)32(39)35(3)28(30(37)33-2)20-23-11-6-5-7-12-23/h5-9,11-14,16-17,19,22,27-29,34H,10,15,18,20-21H2,1-4H3,(H,33,37). The number of benzene rings is 3. The molecular weight excluding hydrogens is 488 g/mol. The highest BCUT2D eigenvalue weighted by atomic mass is 16.2. The van der Waals surface area contributed by atoms with Crippen molar-refractivity contribution in [1.82, 2.24) is 20.4 Å². The second-order valence-corrected chi connectivity index (χ2v) is 10.6. The van der Waals surface area contributed by atoms with E-state index >= 15 is 0 Å². The predicted molar refractivity (Wildman–Crippen MR) is 155 cm³/mol. The van der Waals surface area contributed by atoms with Crippen molar-refractivity contribution in [2.24, 2.45) is 5.92 Å². The number of nitrogens with zero attached hydrogens (tertiary/aromatic N) is 2. The monoisotopic (exact) mass is 528 g/mol. The second kappa shape index (κ2) is 12.9. The van der Waals surface area contributed by atoms with Gasteiger partial charge in [0.05, 0.1) is 5.92 Å². The van der Waals surface area contributed by atoms with Crippen molar-refractivity contribution in [3.63, 3.8) is 0 Å². The van der Waals surface area contributed by atoms with Gasteiger partial charge in [-0.3, -0.25) is 14.4 Å². The summed E-state index contributed by atoms with van der Waals surface area (Å²) in [6, 6.07) is 22.5. The van der Waals surface area contributed by atoms with E-state index in [1.165, 1.54) is 4.90 Å². The molecule has 4 rings (SSSR count). The first-order chi connectivity index (χ1) is 18.8. The van der Waals surface area contributed by atoms with E-state index in [1.807, 2.05) is 67.6 Å². The van der Waals surface area contributed by atoms with Crippen LogP contribution in [0.3, 0.4) is 0 Å². The van der Waals surface area contributed by atoms with Crippen LogP contribution in [-0.2, 0) is 27.2 Å². The molecule has 1 fully saturated rings. The van der Waals surface area contributed by atoms with Gasteiger partial charge >= 0.3 is 0 Å². The average molecular weight is 529 g/mol. The van der Waals surface area contributed by atoms with Gasteiger partial charge in [0.25, 0.3) is 0 Å². The molecule has 1 aliphatic heterocycles. The summed E-state index contributed by atoms with van der Waals surface area (Å²) in [7, 11) is 4.98. The third kappa shape index (κ3) is 6.66. The van der Waals surface area contributed by atoms with Crippen LogP contribution in [-0.4, -0.2) is 73.3 Å². The first kappa shape index (κ1) is 28.3. The molecule has 39 heavy (non-hydrogen) atoms. The largest absolute Gasteiger partial charge is 0.357 e. The van der Waals surface area contributed by atoms with Gasteiger partial charge in [-0.05, 0) is 48.2 Å². The molecule has 0 radical (unpaired) electrons. The molecule has 0 aliphatic carbocycles. The number of rotatable bonds is 9. The fourth-order valence-electron chi connectivity index (χ4n) is 5.57. The first-order valence-electron chi connectivity index (χ1n) is 13.8. The van der Waals surface area contributed by atoms with Gasteiger partial charge in [0.2, 0.25) is 17.7 Å². The van der Waals surface area contributed by atoms with Gasteiger partial charge < -0.3 is 20.4 Å². The number of nitrogens with one attached hydrogen (secondary N) is 2. The molecule has 4 unspecified atom stereocenters. The van der Waals surface area contributed by atoms with Crippen molar-refractivity contribution in [3.8, 4) is 0 Å². The molecule has 1 aliphatic rings. The molecule has 7 nitrogen and oxygen atoms in total. The van der Waals surface area contributed by atoms with E-state index in [9.17, 15) is 14.4 Å². The fourth-order valence-corrected chi connectivity index (χ4v) is 5.57. The molecule has 4 atom stereocenters. The summed E-state index contributed by atoms with van der Waals surface area (Å²) >= 11 is 0. The Hall–Kier alpha value is -3.71. The minimum atomic E-state index is -0.749. The Balaban J connectivity index is 1.65. The summed E-state index contributed by atoms with van der Waals surface area (Å²) in [6.45, 7) is 2.92. The number of hydrogen-bond acceptors (Lipinski definition) is 4. The summed E-state index contributed by atoms with van der Waals surface area (Å²) < 4.78 is 0. The number of hydrogen-bond donors (Lipinski definition) is 2. The zero-order valence-corrected chi connectivity index (χ0v) is 23.4. The number of likely N-dealkylation sites (N-methyl/N-ethyl adjacent to an activating group) is 3. The second-order valence-electron chi connectivity index (χ2n) is 10.6. The normalized spacial score (nSPS) is 18.7. The van der Waals surface area contributed by atoms with E-state index in [-0.39, 0.29) is 29.7 Å². The zero-order chi connectivity index (χ0) is 27.9. The van der Waals surface area contributed by atoms with Crippen LogP contribution in [0.5, 0.6) is 0 Å². The Morgan fingerprint density at radius 1 is 0.872 bits per heavy atom. The minimum Gasteiger partial charge on any atom is -0.357 e. The Labute approximate surface area is 231 Å². The highest BCUT2D eigenvalue weighted by molar-refractivity contribution is 5.93. The summed E-state index contributed by atoms with van der Waals surface area (Å²) in [6.07, 6.45) is 2.45. The summed E-state index contributed by atoms with van der Waals surface area (Å²) in [4.78, 5) is 44.1. The third-order valence-corrected chi connectivity index (χ3v) is 8.06. The first-order valence-corrected chi connectivity index (χ1v) is 13.8. The van der Waals surface area contributed by atoms with Gasteiger partial charge in [-0.2, -0.15) is 0 Å². The highest BCUT2D eigenvalue weighted by Crippen LogP contribution is 2.23. The van der Waals surface area contributed by atoms with Gasteiger partial charge in [-0.15, -0.1) is 0 Å². The number of carbonyl (C=O) groups is 3. The zero-order valence-electron chi connectivity index (χ0n) is 23.4. The lowest BCUT2D eigenvalue weighted by atomic mass is 9.89. The Morgan fingerprint density at radius 2 is 1.54 bits per heavy atom. The fraction of sp³-hybridized carbons (Fsp3) is 0.406. The maximum Gasteiger partial charge on any atom is 0.246 e. The van der Waals surface area contributed by atoms with Crippen molar-refractivity contribution < 1.29 is 14.4 Å². The molecular formula is C32H40N4O3. The van der Waals surface area contributed by atoms with E-state index in [0.29, 0.717) is 12.8 Å². The molecule has 3 aromatic rings. The van der Waals surface area contributed by atoms with E-state index in [4.69, 9.17) is 0 Å². The Morgan fingerprint density at radius 3 is 2.23 bits per heavy atom. The molecule has 0 bridgehead atoms. The van der Waals surface area contributed by atoms with Gasteiger partial charge in [0, 0.05) is 40.0 Å². The quantitative estimate of drug-likeness (QED) is 0.446. The summed E-state index contributed by atoms with van der Waals surface area (Å²) in [5, 5.41) is 8.32. The molecule has 0 aromatic heterocycles. The van der Waals surface area contributed by atoms with Crippen molar-refractivity contribution in [2.45, 2.75) is 50.7 Å². The van der Waals surface area contributed by atoms with Crippen LogP contribution < -0.4 is 10.6 Å². The SMILES string of the molecule is CNC(=O)C(Cc1ccccc1)N(C)C(=O)C(Cc1ccc2ccccc2c1)N(C)C(=O)C1CCCNC1C. The number of piperidine rings is 1. The van der Waals surface area contributed by atoms with Crippen LogP contribution in [0.25, 0.3) is 10.8 Å². The maximum absolute atomic E-state index is 14.2. The molecule has 1 saturated heterocycles. The van der Waals surface area contributed by atoms with Crippen LogP contribution in [0.4, 0.5) is 0 Å².